The van der Waals surface area contributed by atoms with Gasteiger partial charge in [-0.15, -0.1) is 0 Å². The van der Waals surface area contributed by atoms with Crippen LogP contribution in [0.25, 0.3) is 27.9 Å². The molecule has 0 aromatic carbocycles. The van der Waals surface area contributed by atoms with E-state index >= 15 is 0 Å². The molecule has 2 aliphatic rings. The third kappa shape index (κ3) is 3.45. The van der Waals surface area contributed by atoms with Gasteiger partial charge in [-0.3, -0.25) is 4.40 Å². The number of ether oxygens (including phenoxy) is 2. The van der Waals surface area contributed by atoms with Crippen LogP contribution >= 0.6 is 11.6 Å². The zero-order valence-electron chi connectivity index (χ0n) is 18.8. The molecule has 0 unspecified atom stereocenters. The highest BCUT2D eigenvalue weighted by Gasteiger charge is 2.30. The molecule has 1 amide bonds. The number of morpholine rings is 1. The monoisotopic (exact) mass is 481 g/mol. The van der Waals surface area contributed by atoms with Crippen molar-refractivity contribution in [1.29, 1.82) is 0 Å². The molecule has 0 bridgehead atoms. The van der Waals surface area contributed by atoms with E-state index in [2.05, 4.69) is 14.9 Å². The van der Waals surface area contributed by atoms with Crippen molar-refractivity contribution in [2.24, 2.45) is 0 Å². The summed E-state index contributed by atoms with van der Waals surface area (Å²) in [4.78, 5) is 33.9. The topological polar surface area (TPSA) is 101 Å². The van der Waals surface area contributed by atoms with Gasteiger partial charge in [-0.2, -0.15) is 0 Å². The average Bonchev–Trinajstić information content (AvgIpc) is 3.49. The maximum atomic E-state index is 12.4. The van der Waals surface area contributed by atoms with E-state index in [0.717, 1.165) is 33.8 Å². The molecular weight excluding hydrogens is 458 g/mol. The molecule has 1 saturated heterocycles. The number of fused-ring (bicyclic) bond motifs is 4. The Labute approximate surface area is 200 Å². The lowest BCUT2D eigenvalue weighted by Crippen LogP contribution is -2.37. The van der Waals surface area contributed by atoms with Crippen molar-refractivity contribution in [1.82, 2.24) is 29.2 Å². The Bertz CT molecular complexity index is 1390. The molecule has 34 heavy (non-hydrogen) atoms. The molecule has 4 aromatic heterocycles. The van der Waals surface area contributed by atoms with Gasteiger partial charge in [0.15, 0.2) is 11.5 Å². The summed E-state index contributed by atoms with van der Waals surface area (Å²) in [7, 11) is 0. The van der Waals surface area contributed by atoms with E-state index in [4.69, 9.17) is 31.0 Å². The van der Waals surface area contributed by atoms with Gasteiger partial charge in [0.05, 0.1) is 37.8 Å². The molecule has 176 valence electrons. The first kappa shape index (κ1) is 21.2. The van der Waals surface area contributed by atoms with E-state index in [1.165, 1.54) is 0 Å². The van der Waals surface area contributed by atoms with Crippen molar-refractivity contribution in [2.45, 2.75) is 19.9 Å². The third-order valence-corrected chi connectivity index (χ3v) is 6.68. The number of carbonyl (C=O) groups is 1. The van der Waals surface area contributed by atoms with Gasteiger partial charge in [-0.05, 0) is 19.1 Å². The predicted octanol–water partition coefficient (Wildman–Crippen LogP) is 3.28. The van der Waals surface area contributed by atoms with Gasteiger partial charge in [0.2, 0.25) is 0 Å². The molecule has 2 aliphatic heterocycles. The summed E-state index contributed by atoms with van der Waals surface area (Å²) in [5, 5.41) is 1.42. The second-order valence-electron chi connectivity index (χ2n) is 8.35. The number of rotatable bonds is 3. The highest BCUT2D eigenvalue weighted by Crippen LogP contribution is 2.36. The minimum absolute atomic E-state index is 0.330. The van der Waals surface area contributed by atoms with Crippen LogP contribution in [-0.4, -0.2) is 74.8 Å². The van der Waals surface area contributed by atoms with Gasteiger partial charge in [0, 0.05) is 49.4 Å². The number of H-pyrrole nitrogens is 1. The highest BCUT2D eigenvalue weighted by atomic mass is 35.5. The zero-order valence-corrected chi connectivity index (χ0v) is 19.5. The summed E-state index contributed by atoms with van der Waals surface area (Å²) in [5.74, 6) is 0.758. The SMILES string of the molecule is CCOC(=O)N1CCc2nc3c(N4CCOCC4)nc(-c4cnc5[nH]ccc5c4)c(Cl)n3c2C1. The van der Waals surface area contributed by atoms with Gasteiger partial charge < -0.3 is 24.3 Å². The Morgan fingerprint density at radius 2 is 2.12 bits per heavy atom. The number of nitrogens with zero attached hydrogens (tertiary/aromatic N) is 6. The minimum atomic E-state index is -0.330. The molecule has 0 atom stereocenters. The fraction of sp³-hybridized carbons (Fsp3) is 0.391. The van der Waals surface area contributed by atoms with E-state index in [-0.39, 0.29) is 6.09 Å². The summed E-state index contributed by atoms with van der Waals surface area (Å²) in [6.07, 6.45) is 3.93. The number of carbonyl (C=O) groups excluding carboxylic acids is 1. The summed E-state index contributed by atoms with van der Waals surface area (Å²) in [5.41, 5.74) is 4.75. The van der Waals surface area contributed by atoms with E-state index in [9.17, 15) is 4.79 Å². The van der Waals surface area contributed by atoms with Crippen molar-refractivity contribution >= 4 is 40.2 Å². The molecule has 0 radical (unpaired) electrons. The number of aromatic amines is 1. The van der Waals surface area contributed by atoms with Crippen molar-refractivity contribution in [3.63, 3.8) is 0 Å². The Morgan fingerprint density at radius 3 is 2.94 bits per heavy atom. The molecular formula is C23H24ClN7O3. The van der Waals surface area contributed by atoms with Crippen LogP contribution in [0.5, 0.6) is 0 Å². The number of imidazole rings is 1. The van der Waals surface area contributed by atoms with E-state index < -0.39 is 0 Å². The average molecular weight is 482 g/mol. The zero-order chi connectivity index (χ0) is 23.2. The lowest BCUT2D eigenvalue weighted by Gasteiger charge is -2.29. The lowest BCUT2D eigenvalue weighted by molar-refractivity contribution is 0.102. The van der Waals surface area contributed by atoms with Gasteiger partial charge in [0.25, 0.3) is 0 Å². The number of hydrogen-bond acceptors (Lipinski definition) is 7. The van der Waals surface area contributed by atoms with E-state index in [1.54, 1.807) is 18.0 Å². The van der Waals surface area contributed by atoms with Crippen LogP contribution in [-0.2, 0) is 22.4 Å². The van der Waals surface area contributed by atoms with Crippen LogP contribution in [0.15, 0.2) is 24.5 Å². The van der Waals surface area contributed by atoms with Crippen molar-refractivity contribution in [3.05, 3.63) is 41.1 Å². The number of hydrogen-bond donors (Lipinski definition) is 1. The van der Waals surface area contributed by atoms with Crippen molar-refractivity contribution in [2.75, 3.05) is 44.4 Å². The molecule has 0 saturated carbocycles. The molecule has 0 aliphatic carbocycles. The van der Waals surface area contributed by atoms with E-state index in [1.807, 2.05) is 22.7 Å². The van der Waals surface area contributed by atoms with Crippen molar-refractivity contribution in [3.8, 4) is 11.3 Å². The molecule has 4 aromatic rings. The van der Waals surface area contributed by atoms with Gasteiger partial charge in [-0.1, -0.05) is 11.6 Å². The molecule has 6 rings (SSSR count). The maximum Gasteiger partial charge on any atom is 0.410 e. The number of pyridine rings is 1. The fourth-order valence-corrected chi connectivity index (χ4v) is 4.98. The molecule has 0 spiro atoms. The smallest absolute Gasteiger partial charge is 0.410 e. The van der Waals surface area contributed by atoms with E-state index in [0.29, 0.717) is 68.9 Å². The van der Waals surface area contributed by atoms with Crippen LogP contribution in [0.3, 0.4) is 0 Å². The number of anilines is 1. The number of aromatic nitrogens is 5. The van der Waals surface area contributed by atoms with Gasteiger partial charge in [0.1, 0.15) is 16.5 Å². The Kier molecular flexibility index (Phi) is 5.26. The molecule has 1 fully saturated rings. The summed E-state index contributed by atoms with van der Waals surface area (Å²) in [6, 6.07) is 3.99. The molecule has 10 nitrogen and oxygen atoms in total. The third-order valence-electron chi connectivity index (χ3n) is 6.33. The fourth-order valence-electron chi connectivity index (χ4n) is 4.64. The first-order valence-corrected chi connectivity index (χ1v) is 11.8. The highest BCUT2D eigenvalue weighted by molar-refractivity contribution is 6.32. The number of nitrogens with one attached hydrogen (secondary N) is 1. The molecule has 6 heterocycles. The van der Waals surface area contributed by atoms with Crippen molar-refractivity contribution < 1.29 is 14.3 Å². The standard InChI is InChI=1S/C23H24ClN7O3/c1-2-34-23(32)30-6-4-16-17(13-30)31-19(24)18(15-11-14-3-5-25-20(14)26-12-15)28-21(22(31)27-16)29-7-9-33-10-8-29/h3,5,11-12H,2,4,6-10,13H2,1H3,(H,25,26). The Hall–Kier alpha value is -3.37. The van der Waals surface area contributed by atoms with Crippen LogP contribution in [0.4, 0.5) is 10.6 Å². The second-order valence-corrected chi connectivity index (χ2v) is 8.71. The molecule has 11 heteroatoms. The number of halogens is 1. The first-order valence-electron chi connectivity index (χ1n) is 11.4. The maximum absolute atomic E-state index is 12.4. The van der Waals surface area contributed by atoms with Crippen LogP contribution in [0.2, 0.25) is 5.15 Å². The summed E-state index contributed by atoms with van der Waals surface area (Å²) >= 11 is 7.03. The Morgan fingerprint density at radius 1 is 1.26 bits per heavy atom. The first-order chi connectivity index (χ1) is 16.6. The lowest BCUT2D eigenvalue weighted by atomic mass is 10.1. The molecule has 1 N–H and O–H groups in total. The predicted molar refractivity (Wildman–Crippen MR) is 127 cm³/mol. The quantitative estimate of drug-likeness (QED) is 0.479. The van der Waals surface area contributed by atoms with Crippen LogP contribution in [0.1, 0.15) is 18.3 Å². The largest absolute Gasteiger partial charge is 0.450 e. The summed E-state index contributed by atoms with van der Waals surface area (Å²) in [6.45, 7) is 5.74. The number of amides is 1. The van der Waals surface area contributed by atoms with Crippen LogP contribution < -0.4 is 4.90 Å². The van der Waals surface area contributed by atoms with Crippen LogP contribution in [0, 0.1) is 0 Å². The minimum Gasteiger partial charge on any atom is -0.450 e. The van der Waals surface area contributed by atoms with Gasteiger partial charge in [-0.25, -0.2) is 19.7 Å². The normalized spacial score (nSPS) is 16.3. The second kappa shape index (κ2) is 8.44. The summed E-state index contributed by atoms with van der Waals surface area (Å²) < 4.78 is 12.7. The van der Waals surface area contributed by atoms with Gasteiger partial charge >= 0.3 is 6.09 Å². The Balaban J connectivity index is 1.54.